The Balaban J connectivity index is 5.15. The standard InChI is InChI=1S/C65H126O17P2/c1-5-9-13-17-21-24-26-27-28-29-30-31-32-33-36-40-44-48-52-65(70)82-61(56-76-63(68)50-46-42-38-35-25-22-18-14-10-6-2)58-80-84(73,74)78-54-59(66)53-77-83(71,72)79-57-60(55-75-62(67)49-45-41-37-20-16-12-8-4)81-64(69)51-47-43-39-34-23-19-15-11-7-3/h59-61,66H,5-58H2,1-4H3,(H,71,72)(H,73,74)/t59-,60+,61+/m0/s1. The number of carbonyl (C=O) groups is 4. The van der Waals surface area contributed by atoms with Crippen LogP contribution in [0.25, 0.3) is 0 Å². The molecule has 0 fully saturated rings. The minimum atomic E-state index is -4.94. The lowest BCUT2D eigenvalue weighted by Gasteiger charge is -2.21. The highest BCUT2D eigenvalue weighted by molar-refractivity contribution is 7.47. The van der Waals surface area contributed by atoms with Crippen LogP contribution in [-0.4, -0.2) is 96.7 Å². The van der Waals surface area contributed by atoms with Crippen molar-refractivity contribution in [1.29, 1.82) is 0 Å². The molecule has 0 aliphatic heterocycles. The van der Waals surface area contributed by atoms with Crippen molar-refractivity contribution < 1.29 is 80.2 Å². The van der Waals surface area contributed by atoms with Gasteiger partial charge in [0.1, 0.15) is 19.3 Å². The van der Waals surface area contributed by atoms with Gasteiger partial charge in [0.25, 0.3) is 0 Å². The van der Waals surface area contributed by atoms with Gasteiger partial charge in [-0.1, -0.05) is 285 Å². The van der Waals surface area contributed by atoms with E-state index in [2.05, 4.69) is 27.7 Å². The van der Waals surface area contributed by atoms with Crippen LogP contribution in [0.5, 0.6) is 0 Å². The summed E-state index contributed by atoms with van der Waals surface area (Å²) in [5.41, 5.74) is 0. The van der Waals surface area contributed by atoms with Gasteiger partial charge < -0.3 is 33.8 Å². The molecule has 5 atom stereocenters. The number of aliphatic hydroxyl groups is 1. The van der Waals surface area contributed by atoms with Gasteiger partial charge in [-0.15, -0.1) is 0 Å². The highest BCUT2D eigenvalue weighted by Gasteiger charge is 2.30. The second-order valence-corrected chi connectivity index (χ2v) is 26.4. The minimum absolute atomic E-state index is 0.106. The van der Waals surface area contributed by atoms with E-state index in [1.807, 2.05) is 0 Å². The summed E-state index contributed by atoms with van der Waals surface area (Å²) in [5, 5.41) is 10.5. The molecule has 0 aliphatic carbocycles. The Kier molecular flexibility index (Phi) is 58.6. The maximum Gasteiger partial charge on any atom is 0.472 e. The summed E-state index contributed by atoms with van der Waals surface area (Å²) >= 11 is 0. The zero-order chi connectivity index (χ0) is 61.9. The van der Waals surface area contributed by atoms with E-state index >= 15 is 0 Å². The third kappa shape index (κ3) is 59.0. The molecule has 0 saturated heterocycles. The molecule has 0 spiro atoms. The molecule has 84 heavy (non-hydrogen) atoms. The molecule has 2 unspecified atom stereocenters. The van der Waals surface area contributed by atoms with Gasteiger partial charge in [0, 0.05) is 25.7 Å². The maximum absolute atomic E-state index is 13.0. The van der Waals surface area contributed by atoms with E-state index in [-0.39, 0.29) is 25.7 Å². The molecular formula is C65H126O17P2. The van der Waals surface area contributed by atoms with Crippen molar-refractivity contribution in [1.82, 2.24) is 0 Å². The van der Waals surface area contributed by atoms with Crippen molar-refractivity contribution in [3.8, 4) is 0 Å². The van der Waals surface area contributed by atoms with E-state index in [1.165, 1.54) is 154 Å². The fraction of sp³-hybridized carbons (Fsp3) is 0.938. The number of phosphoric ester groups is 2. The minimum Gasteiger partial charge on any atom is -0.462 e. The predicted octanol–water partition coefficient (Wildman–Crippen LogP) is 18.3. The molecule has 0 aromatic heterocycles. The summed E-state index contributed by atoms with van der Waals surface area (Å²) in [6.45, 7) is 4.84. The molecule has 3 N–H and O–H groups in total. The van der Waals surface area contributed by atoms with E-state index in [1.54, 1.807) is 0 Å². The molecule has 0 radical (unpaired) electrons. The molecule has 0 saturated carbocycles. The summed E-state index contributed by atoms with van der Waals surface area (Å²) in [6.07, 6.45) is 46.0. The molecule has 0 bridgehead atoms. The second kappa shape index (κ2) is 60.0. The summed E-state index contributed by atoms with van der Waals surface area (Å²) in [4.78, 5) is 72.1. The average Bonchev–Trinajstić information content (AvgIpc) is 3.57. The Bertz CT molecular complexity index is 1620. The van der Waals surface area contributed by atoms with Gasteiger partial charge in [-0.2, -0.15) is 0 Å². The number of hydrogen-bond acceptors (Lipinski definition) is 15. The second-order valence-electron chi connectivity index (χ2n) is 23.5. The summed E-state index contributed by atoms with van der Waals surface area (Å²) < 4.78 is 67.9. The van der Waals surface area contributed by atoms with Gasteiger partial charge in [0.15, 0.2) is 12.2 Å². The maximum atomic E-state index is 13.0. The van der Waals surface area contributed by atoms with Gasteiger partial charge in [-0.05, 0) is 25.7 Å². The summed E-state index contributed by atoms with van der Waals surface area (Å²) in [7, 11) is -9.88. The molecular weight excluding hydrogens is 1110 g/mol. The monoisotopic (exact) mass is 1240 g/mol. The van der Waals surface area contributed by atoms with E-state index in [9.17, 15) is 43.2 Å². The molecule has 0 rings (SSSR count). The van der Waals surface area contributed by atoms with Gasteiger partial charge >= 0.3 is 39.5 Å². The molecule has 0 amide bonds. The third-order valence-corrected chi connectivity index (χ3v) is 17.0. The zero-order valence-corrected chi connectivity index (χ0v) is 55.7. The Morgan fingerprint density at radius 2 is 0.476 bits per heavy atom. The Labute approximate surface area is 511 Å². The number of phosphoric acid groups is 2. The quantitative estimate of drug-likeness (QED) is 0.0222. The number of aliphatic hydroxyl groups excluding tert-OH is 1. The van der Waals surface area contributed by atoms with Gasteiger partial charge in [0.2, 0.25) is 0 Å². The molecule has 0 heterocycles. The van der Waals surface area contributed by atoms with Crippen LogP contribution in [0.15, 0.2) is 0 Å². The topological polar surface area (TPSA) is 237 Å². The lowest BCUT2D eigenvalue weighted by Crippen LogP contribution is -2.30. The number of esters is 4. The van der Waals surface area contributed by atoms with Crippen LogP contribution in [-0.2, 0) is 65.4 Å². The Morgan fingerprint density at radius 1 is 0.286 bits per heavy atom. The fourth-order valence-corrected chi connectivity index (χ4v) is 11.4. The molecule has 19 heteroatoms. The van der Waals surface area contributed by atoms with Gasteiger partial charge in [-0.3, -0.25) is 37.3 Å². The van der Waals surface area contributed by atoms with Gasteiger partial charge in [0.05, 0.1) is 26.4 Å². The van der Waals surface area contributed by atoms with Crippen LogP contribution in [0.2, 0.25) is 0 Å². The van der Waals surface area contributed by atoms with Crippen molar-refractivity contribution in [2.45, 2.75) is 354 Å². The van der Waals surface area contributed by atoms with Crippen LogP contribution >= 0.6 is 15.6 Å². The first kappa shape index (κ1) is 82.1. The normalized spacial score (nSPS) is 14.1. The predicted molar refractivity (Wildman–Crippen MR) is 335 cm³/mol. The van der Waals surface area contributed by atoms with Crippen molar-refractivity contribution >= 4 is 39.5 Å². The van der Waals surface area contributed by atoms with Crippen LogP contribution in [0.3, 0.4) is 0 Å². The fourth-order valence-electron chi connectivity index (χ4n) is 9.81. The number of hydrogen-bond donors (Lipinski definition) is 3. The first-order valence-electron chi connectivity index (χ1n) is 34.3. The van der Waals surface area contributed by atoms with Crippen LogP contribution in [0, 0.1) is 0 Å². The lowest BCUT2D eigenvalue weighted by molar-refractivity contribution is -0.161. The lowest BCUT2D eigenvalue weighted by atomic mass is 10.0. The average molecular weight is 1240 g/mol. The van der Waals surface area contributed by atoms with Crippen molar-refractivity contribution in [3.05, 3.63) is 0 Å². The van der Waals surface area contributed by atoms with Crippen molar-refractivity contribution in [2.75, 3.05) is 39.6 Å². The number of rotatable bonds is 66. The summed E-state index contributed by atoms with van der Waals surface area (Å²) in [6, 6.07) is 0. The van der Waals surface area contributed by atoms with Crippen LogP contribution in [0.1, 0.15) is 336 Å². The Morgan fingerprint density at radius 3 is 0.702 bits per heavy atom. The van der Waals surface area contributed by atoms with E-state index in [0.29, 0.717) is 25.7 Å². The molecule has 498 valence electrons. The number of ether oxygens (including phenoxy) is 4. The van der Waals surface area contributed by atoms with Crippen molar-refractivity contribution in [3.63, 3.8) is 0 Å². The zero-order valence-electron chi connectivity index (χ0n) is 53.9. The highest BCUT2D eigenvalue weighted by Crippen LogP contribution is 2.45. The molecule has 17 nitrogen and oxygen atoms in total. The van der Waals surface area contributed by atoms with Gasteiger partial charge in [-0.25, -0.2) is 9.13 Å². The largest absolute Gasteiger partial charge is 0.472 e. The van der Waals surface area contributed by atoms with Crippen LogP contribution < -0.4 is 0 Å². The molecule has 0 aliphatic rings. The molecule has 0 aromatic rings. The third-order valence-electron chi connectivity index (χ3n) is 15.1. The summed E-state index contributed by atoms with van der Waals surface area (Å²) in [5.74, 6) is -2.14. The first-order chi connectivity index (χ1) is 40.7. The molecule has 0 aromatic carbocycles. The smallest absolute Gasteiger partial charge is 0.462 e. The highest BCUT2D eigenvalue weighted by atomic mass is 31.2. The van der Waals surface area contributed by atoms with E-state index in [4.69, 9.17) is 37.0 Å². The van der Waals surface area contributed by atoms with E-state index in [0.717, 1.165) is 103 Å². The Hall–Kier alpha value is -1.94. The van der Waals surface area contributed by atoms with Crippen molar-refractivity contribution in [2.24, 2.45) is 0 Å². The number of unbranched alkanes of at least 4 members (excludes halogenated alkanes) is 40. The van der Waals surface area contributed by atoms with Crippen LogP contribution in [0.4, 0.5) is 0 Å². The number of carbonyl (C=O) groups excluding carboxylic acids is 4. The van der Waals surface area contributed by atoms with E-state index < -0.39 is 97.5 Å². The first-order valence-corrected chi connectivity index (χ1v) is 37.3. The SMILES string of the molecule is CCCCCCCCCCCCCCCCCCCCC(=O)O[C@H](COC(=O)CCCCCCCCCCCC)COP(=O)(O)OC[C@@H](O)COP(=O)(O)OC[C@@H](COC(=O)CCCCCCCCC)OC(=O)CCCCCCCCCCC.